The van der Waals surface area contributed by atoms with E-state index in [1.54, 1.807) is 0 Å². The van der Waals surface area contributed by atoms with Crippen LogP contribution in [0.15, 0.2) is 60.7 Å². The topological polar surface area (TPSA) is 27.7 Å². The third-order valence-electron chi connectivity index (χ3n) is 10.7. The van der Waals surface area contributed by atoms with E-state index < -0.39 is 173 Å². The molecule has 294 valence electrons. The van der Waals surface area contributed by atoms with E-state index in [0.29, 0.717) is 0 Å². The van der Waals surface area contributed by atoms with E-state index in [1.807, 2.05) is 0 Å². The summed E-state index contributed by atoms with van der Waals surface area (Å²) in [6.45, 7) is 0. The van der Waals surface area contributed by atoms with Gasteiger partial charge in [-0.25, -0.2) is 43.9 Å². The molecule has 0 N–H and O–H groups in total. The monoisotopic (exact) mass is 824 g/mol. The van der Waals surface area contributed by atoms with Crippen molar-refractivity contribution in [3.8, 4) is 39.5 Å². The van der Waals surface area contributed by atoms with Crippen LogP contribution in [-0.4, -0.2) is 7.32 Å². The van der Waals surface area contributed by atoms with Crippen LogP contribution in [0.4, 0.5) is 57.1 Å². The molecular formula is C42H14BF13O3. The number of hydrogen-bond acceptors (Lipinski definition) is 3. The van der Waals surface area contributed by atoms with Gasteiger partial charge in [0.15, 0.2) is 52.3 Å². The van der Waals surface area contributed by atoms with Crippen molar-refractivity contribution in [2.75, 3.05) is 0 Å². The first-order valence-corrected chi connectivity index (χ1v) is 17.2. The second-order valence-electron chi connectivity index (χ2n) is 13.8. The van der Waals surface area contributed by atoms with Gasteiger partial charge in [-0.3, -0.25) is 0 Å². The normalized spacial score (nSPS) is 12.7. The third-order valence-corrected chi connectivity index (χ3v) is 10.7. The lowest BCUT2D eigenvalue weighted by Crippen LogP contribution is -2.39. The zero-order valence-corrected chi connectivity index (χ0v) is 28.9. The van der Waals surface area contributed by atoms with E-state index in [-0.39, 0.29) is 16.5 Å². The van der Waals surface area contributed by atoms with Crippen molar-refractivity contribution < 1.29 is 71.0 Å². The maximum Gasteiger partial charge on any atom is 0.864 e. The highest BCUT2D eigenvalue weighted by Crippen LogP contribution is 2.50. The maximum atomic E-state index is 16.2. The van der Waals surface area contributed by atoms with Crippen LogP contribution >= 0.6 is 0 Å². The van der Waals surface area contributed by atoms with Gasteiger partial charge in [-0.2, -0.15) is 13.2 Å². The molecule has 0 aliphatic heterocycles. The van der Waals surface area contributed by atoms with E-state index in [9.17, 15) is 0 Å². The van der Waals surface area contributed by atoms with Gasteiger partial charge in [-0.05, 0) is 40.8 Å². The van der Waals surface area contributed by atoms with Crippen molar-refractivity contribution in [3.05, 3.63) is 159 Å². The molecule has 8 aromatic carbocycles. The fourth-order valence-electron chi connectivity index (χ4n) is 8.24. The fourth-order valence-corrected chi connectivity index (χ4v) is 8.24. The van der Waals surface area contributed by atoms with Crippen molar-refractivity contribution >= 4 is 39.6 Å². The van der Waals surface area contributed by atoms with Gasteiger partial charge in [0.05, 0.1) is 10.8 Å². The fraction of sp³-hybridized carbons (Fsp3) is 0.0476. The molecular weight excluding hydrogens is 810 g/mol. The van der Waals surface area contributed by atoms with E-state index in [2.05, 4.69) is 0 Å². The van der Waals surface area contributed by atoms with Crippen LogP contribution in [0.25, 0.3) is 54.6 Å². The summed E-state index contributed by atoms with van der Waals surface area (Å²) in [4.78, 5) is 0. The SMILES string of the molecule is Fc1cccc2c1-c1c(F)c(F)c(F)c(OB(Oc3c(F)c(F)c(F)c4c3Cc3cccc(F)c3-4)Oc3c(F)c(F)c4c(F)c(F)c5c(F)ccc6ccc3c4c65)c1C2. The molecule has 0 fully saturated rings. The third kappa shape index (κ3) is 4.93. The lowest BCUT2D eigenvalue weighted by Gasteiger charge is -2.23. The zero-order chi connectivity index (χ0) is 41.5. The van der Waals surface area contributed by atoms with Crippen LogP contribution < -0.4 is 14.0 Å². The highest BCUT2D eigenvalue weighted by molar-refractivity contribution is 6.40. The molecule has 59 heavy (non-hydrogen) atoms. The quantitative estimate of drug-likeness (QED) is 0.0724. The smallest absolute Gasteiger partial charge is 0.486 e. The average Bonchev–Trinajstić information content (AvgIpc) is 3.81. The summed E-state index contributed by atoms with van der Waals surface area (Å²) >= 11 is 0. The summed E-state index contributed by atoms with van der Waals surface area (Å²) in [5.41, 5.74) is -3.89. The van der Waals surface area contributed by atoms with Crippen molar-refractivity contribution in [2.24, 2.45) is 0 Å². The Morgan fingerprint density at radius 1 is 0.356 bits per heavy atom. The van der Waals surface area contributed by atoms with Crippen molar-refractivity contribution in [1.82, 2.24) is 0 Å². The Morgan fingerprint density at radius 3 is 1.36 bits per heavy atom. The summed E-state index contributed by atoms with van der Waals surface area (Å²) in [5.74, 6) is -28.0. The number of benzene rings is 8. The van der Waals surface area contributed by atoms with Gasteiger partial charge in [-0.1, -0.05) is 36.4 Å². The molecule has 0 saturated carbocycles. The summed E-state index contributed by atoms with van der Waals surface area (Å²) in [6, 6.07) is 10.8. The molecule has 0 saturated heterocycles. The molecule has 0 aromatic heterocycles. The Labute approximate surface area is 321 Å². The molecule has 8 aromatic rings. The maximum absolute atomic E-state index is 16.2. The van der Waals surface area contributed by atoms with Gasteiger partial charge in [0, 0.05) is 62.4 Å². The van der Waals surface area contributed by atoms with Crippen LogP contribution in [0.3, 0.4) is 0 Å². The Kier molecular flexibility index (Phi) is 7.88. The van der Waals surface area contributed by atoms with Gasteiger partial charge < -0.3 is 14.0 Å². The van der Waals surface area contributed by atoms with Crippen molar-refractivity contribution in [1.29, 1.82) is 0 Å². The van der Waals surface area contributed by atoms with Gasteiger partial charge in [0.25, 0.3) is 0 Å². The number of halogens is 13. The molecule has 0 atom stereocenters. The van der Waals surface area contributed by atoms with Crippen molar-refractivity contribution in [2.45, 2.75) is 12.8 Å². The van der Waals surface area contributed by atoms with Crippen LogP contribution in [0.1, 0.15) is 22.3 Å². The highest BCUT2D eigenvalue weighted by atomic mass is 19.2. The predicted octanol–water partition coefficient (Wildman–Crippen LogP) is 12.1. The number of hydrogen-bond donors (Lipinski definition) is 0. The van der Waals surface area contributed by atoms with Crippen LogP contribution in [0, 0.1) is 75.6 Å². The molecule has 0 unspecified atom stereocenters. The molecule has 2 aliphatic carbocycles. The van der Waals surface area contributed by atoms with E-state index >= 15 is 57.1 Å². The Hall–Kier alpha value is -6.65. The molecule has 17 heteroatoms. The first kappa shape index (κ1) is 36.7. The summed E-state index contributed by atoms with van der Waals surface area (Å²) in [6.07, 6.45) is -1.11. The van der Waals surface area contributed by atoms with Crippen LogP contribution in [0.5, 0.6) is 17.2 Å². The summed E-state index contributed by atoms with van der Waals surface area (Å²) in [5, 5.41) is -4.08. The molecule has 0 bridgehead atoms. The van der Waals surface area contributed by atoms with Crippen LogP contribution in [0.2, 0.25) is 0 Å². The zero-order valence-electron chi connectivity index (χ0n) is 28.9. The molecule has 10 rings (SSSR count). The predicted molar refractivity (Wildman–Crippen MR) is 187 cm³/mol. The number of rotatable bonds is 6. The minimum absolute atomic E-state index is 0.00205. The molecule has 0 spiro atoms. The molecule has 0 amide bonds. The second-order valence-corrected chi connectivity index (χ2v) is 13.8. The van der Waals surface area contributed by atoms with Gasteiger partial charge >= 0.3 is 7.32 Å². The molecule has 3 nitrogen and oxygen atoms in total. The molecule has 0 heterocycles. The average molecular weight is 824 g/mol. The van der Waals surface area contributed by atoms with E-state index in [4.69, 9.17) is 14.0 Å². The summed E-state index contributed by atoms with van der Waals surface area (Å²) in [7, 11) is -2.98. The van der Waals surface area contributed by atoms with Gasteiger partial charge in [0.2, 0.25) is 11.6 Å². The summed E-state index contributed by atoms with van der Waals surface area (Å²) < 4.78 is 218. The van der Waals surface area contributed by atoms with Gasteiger partial charge in [-0.15, -0.1) is 0 Å². The van der Waals surface area contributed by atoms with Crippen molar-refractivity contribution in [3.63, 3.8) is 0 Å². The lowest BCUT2D eigenvalue weighted by molar-refractivity contribution is 0.279. The Morgan fingerprint density at radius 2 is 0.814 bits per heavy atom. The lowest BCUT2D eigenvalue weighted by atomic mass is 9.92. The Bertz CT molecular complexity index is 3090. The molecule has 0 radical (unpaired) electrons. The minimum atomic E-state index is -2.98. The standard InChI is InChI=1S/C42H14BF13O3/c44-19-5-1-3-14-11-17-26(22(14)19)30(47)35(52)38(55)41(17)58-43(59-42-18-12-15-4-2-6-20(45)23(15)27(18)31(48)36(53)39(42)56)57-40-16-9-7-13-8-10-21(46)28-24(13)25(16)29(33(50)32(28)49)34(51)37(40)54/h1-10H,11-12H2. The Balaban J connectivity index is 1.21. The first-order valence-electron chi connectivity index (χ1n) is 17.2. The number of fused-ring (bicyclic) bond motifs is 6. The highest BCUT2D eigenvalue weighted by Gasteiger charge is 2.43. The first-order chi connectivity index (χ1) is 28.2. The van der Waals surface area contributed by atoms with E-state index in [1.165, 1.54) is 24.3 Å². The van der Waals surface area contributed by atoms with Crippen LogP contribution in [-0.2, 0) is 12.8 Å². The minimum Gasteiger partial charge on any atom is -0.486 e. The van der Waals surface area contributed by atoms with E-state index in [0.717, 1.165) is 36.4 Å². The largest absolute Gasteiger partial charge is 0.864 e. The molecule has 2 aliphatic rings. The second kappa shape index (κ2) is 12.7. The van der Waals surface area contributed by atoms with Gasteiger partial charge in [0.1, 0.15) is 29.0 Å².